The second-order valence-electron chi connectivity index (χ2n) is 7.39. The quantitative estimate of drug-likeness (QED) is 0.780. The lowest BCUT2D eigenvalue weighted by Gasteiger charge is -2.32. The number of hydrogen-bond donors (Lipinski definition) is 1. The van der Waals surface area contributed by atoms with E-state index in [0.29, 0.717) is 12.6 Å². The molecule has 1 aliphatic heterocycles. The maximum Gasteiger partial charge on any atom is 0.234 e. The third-order valence-corrected chi connectivity index (χ3v) is 5.27. The van der Waals surface area contributed by atoms with Crippen molar-refractivity contribution in [1.29, 1.82) is 0 Å². The van der Waals surface area contributed by atoms with E-state index < -0.39 is 0 Å². The summed E-state index contributed by atoms with van der Waals surface area (Å²) in [5.41, 5.74) is 2.47. The first-order valence-corrected chi connectivity index (χ1v) is 10.0. The molecule has 2 aromatic carbocycles. The first-order valence-electron chi connectivity index (χ1n) is 10.0. The van der Waals surface area contributed by atoms with Crippen LogP contribution in [0.1, 0.15) is 30.9 Å². The van der Waals surface area contributed by atoms with Gasteiger partial charge in [0.15, 0.2) is 0 Å². The summed E-state index contributed by atoms with van der Waals surface area (Å²) >= 11 is 0. The van der Waals surface area contributed by atoms with E-state index in [9.17, 15) is 4.79 Å². The van der Waals surface area contributed by atoms with Crippen LogP contribution in [0.3, 0.4) is 0 Å². The molecule has 0 saturated carbocycles. The molecule has 2 aromatic rings. The molecule has 1 heterocycles. The molecular weight excluding hydrogens is 334 g/mol. The Morgan fingerprint density at radius 1 is 0.963 bits per heavy atom. The minimum absolute atomic E-state index is 0.136. The molecule has 1 saturated heterocycles. The first-order chi connectivity index (χ1) is 13.2. The summed E-state index contributed by atoms with van der Waals surface area (Å²) in [4.78, 5) is 17.4. The molecule has 0 unspecified atom stereocenters. The lowest BCUT2D eigenvalue weighted by Crippen LogP contribution is -2.47. The van der Waals surface area contributed by atoms with Crippen molar-refractivity contribution < 1.29 is 4.79 Å². The number of piperidine rings is 1. The number of likely N-dealkylation sites (tertiary alicyclic amines) is 1. The van der Waals surface area contributed by atoms with Crippen LogP contribution in [0.2, 0.25) is 0 Å². The summed E-state index contributed by atoms with van der Waals surface area (Å²) < 4.78 is 0. The highest BCUT2D eigenvalue weighted by molar-refractivity contribution is 5.78. The highest BCUT2D eigenvalue weighted by Gasteiger charge is 2.20. The largest absolute Gasteiger partial charge is 0.352 e. The normalized spacial score (nSPS) is 15.8. The number of rotatable bonds is 8. The van der Waals surface area contributed by atoms with E-state index >= 15 is 0 Å². The van der Waals surface area contributed by atoms with Gasteiger partial charge in [-0.1, -0.05) is 67.6 Å². The van der Waals surface area contributed by atoms with Crippen LogP contribution in [-0.4, -0.2) is 47.9 Å². The smallest absolute Gasteiger partial charge is 0.234 e. The molecule has 0 spiro atoms. The van der Waals surface area contributed by atoms with Gasteiger partial charge in [0.1, 0.15) is 0 Å². The lowest BCUT2D eigenvalue weighted by molar-refractivity contribution is -0.123. The number of amides is 1. The second-order valence-corrected chi connectivity index (χ2v) is 7.39. The molecule has 1 fully saturated rings. The Labute approximate surface area is 163 Å². The van der Waals surface area contributed by atoms with Crippen LogP contribution in [0.15, 0.2) is 60.7 Å². The fourth-order valence-electron chi connectivity index (χ4n) is 3.72. The lowest BCUT2D eigenvalue weighted by atomic mass is 10.1. The van der Waals surface area contributed by atoms with Crippen LogP contribution in [0, 0.1) is 0 Å². The van der Waals surface area contributed by atoms with Crippen LogP contribution < -0.4 is 5.32 Å². The van der Waals surface area contributed by atoms with E-state index in [-0.39, 0.29) is 5.91 Å². The van der Waals surface area contributed by atoms with E-state index in [4.69, 9.17) is 0 Å². The number of benzene rings is 2. The minimum atomic E-state index is 0.136. The maximum atomic E-state index is 12.7. The van der Waals surface area contributed by atoms with Gasteiger partial charge in [-0.15, -0.1) is 0 Å². The molecule has 0 atom stereocenters. The molecule has 0 bridgehead atoms. The van der Waals surface area contributed by atoms with Gasteiger partial charge in [0.25, 0.3) is 0 Å². The van der Waals surface area contributed by atoms with Gasteiger partial charge < -0.3 is 10.2 Å². The summed E-state index contributed by atoms with van der Waals surface area (Å²) in [5, 5.41) is 3.26. The van der Waals surface area contributed by atoms with Crippen molar-refractivity contribution in [3.05, 3.63) is 71.8 Å². The Bertz CT molecular complexity index is 640. The molecule has 3 rings (SSSR count). The van der Waals surface area contributed by atoms with E-state index in [1.165, 1.54) is 11.1 Å². The molecule has 0 radical (unpaired) electrons. The molecule has 144 valence electrons. The van der Waals surface area contributed by atoms with Crippen LogP contribution in [-0.2, 0) is 17.9 Å². The highest BCUT2D eigenvalue weighted by atomic mass is 16.2. The summed E-state index contributed by atoms with van der Waals surface area (Å²) in [6.45, 7) is 7.44. The number of nitrogens with one attached hydrogen (secondary N) is 1. The van der Waals surface area contributed by atoms with Gasteiger partial charge in [-0.25, -0.2) is 0 Å². The van der Waals surface area contributed by atoms with Crippen LogP contribution in [0.25, 0.3) is 0 Å². The Morgan fingerprint density at radius 3 is 1.96 bits per heavy atom. The Hall–Kier alpha value is -2.17. The third-order valence-electron chi connectivity index (χ3n) is 5.27. The summed E-state index contributed by atoms with van der Waals surface area (Å²) in [5.74, 6) is 0.136. The number of carbonyl (C=O) groups excluding carboxylic acids is 1. The predicted molar refractivity (Wildman–Crippen MR) is 110 cm³/mol. The van der Waals surface area contributed by atoms with Crippen LogP contribution in [0.5, 0.6) is 0 Å². The number of hydrogen-bond acceptors (Lipinski definition) is 3. The molecule has 1 aliphatic rings. The highest BCUT2D eigenvalue weighted by Crippen LogP contribution is 2.12. The zero-order valence-corrected chi connectivity index (χ0v) is 16.3. The SMILES string of the molecule is CCN1CCC(NC(=O)CN(Cc2ccccc2)Cc2ccccc2)CC1. The van der Waals surface area contributed by atoms with Crippen molar-refractivity contribution in [3.8, 4) is 0 Å². The Balaban J connectivity index is 1.57. The molecule has 4 nitrogen and oxygen atoms in total. The standard InChI is InChI=1S/C23H31N3O/c1-2-25-15-13-22(14-16-25)24-23(27)19-26(17-20-9-5-3-6-10-20)18-21-11-7-4-8-12-21/h3-12,22H,2,13-19H2,1H3,(H,24,27). The number of nitrogens with zero attached hydrogens (tertiary/aromatic N) is 2. The fraction of sp³-hybridized carbons (Fsp3) is 0.435. The summed E-state index contributed by atoms with van der Waals surface area (Å²) in [6, 6.07) is 21.1. The van der Waals surface area contributed by atoms with Crippen molar-refractivity contribution in [2.75, 3.05) is 26.2 Å². The minimum Gasteiger partial charge on any atom is -0.352 e. The van der Waals surface area contributed by atoms with Crippen molar-refractivity contribution in [1.82, 2.24) is 15.1 Å². The van der Waals surface area contributed by atoms with Gasteiger partial charge in [-0.3, -0.25) is 9.69 Å². The zero-order valence-electron chi connectivity index (χ0n) is 16.3. The van der Waals surface area contributed by atoms with Crippen molar-refractivity contribution in [2.45, 2.75) is 38.9 Å². The Morgan fingerprint density at radius 2 is 1.48 bits per heavy atom. The fourth-order valence-corrected chi connectivity index (χ4v) is 3.72. The monoisotopic (exact) mass is 365 g/mol. The van der Waals surface area contributed by atoms with Gasteiger partial charge in [-0.05, 0) is 30.5 Å². The zero-order chi connectivity index (χ0) is 18.9. The summed E-state index contributed by atoms with van der Waals surface area (Å²) in [7, 11) is 0. The average molecular weight is 366 g/mol. The topological polar surface area (TPSA) is 35.6 Å². The molecular formula is C23H31N3O. The Kier molecular flexibility index (Phi) is 7.43. The first kappa shape index (κ1) is 19.6. The van der Waals surface area contributed by atoms with Crippen molar-refractivity contribution >= 4 is 5.91 Å². The third kappa shape index (κ3) is 6.49. The second kappa shape index (κ2) is 10.2. The van der Waals surface area contributed by atoms with E-state index in [1.807, 2.05) is 12.1 Å². The molecule has 4 heteroatoms. The summed E-state index contributed by atoms with van der Waals surface area (Å²) in [6.07, 6.45) is 2.11. The molecule has 1 N–H and O–H groups in total. The molecule has 1 amide bonds. The van der Waals surface area contributed by atoms with E-state index in [0.717, 1.165) is 45.6 Å². The van der Waals surface area contributed by atoms with Crippen LogP contribution in [0.4, 0.5) is 0 Å². The van der Waals surface area contributed by atoms with E-state index in [2.05, 4.69) is 70.6 Å². The molecule has 0 aliphatic carbocycles. The maximum absolute atomic E-state index is 12.7. The predicted octanol–water partition coefficient (Wildman–Crippen LogP) is 3.29. The van der Waals surface area contributed by atoms with Gasteiger partial charge in [0.05, 0.1) is 6.54 Å². The molecule has 27 heavy (non-hydrogen) atoms. The van der Waals surface area contributed by atoms with Crippen LogP contribution >= 0.6 is 0 Å². The van der Waals surface area contributed by atoms with Gasteiger partial charge in [-0.2, -0.15) is 0 Å². The van der Waals surface area contributed by atoms with Crippen molar-refractivity contribution in [3.63, 3.8) is 0 Å². The van der Waals surface area contributed by atoms with E-state index in [1.54, 1.807) is 0 Å². The average Bonchev–Trinajstić information content (AvgIpc) is 2.70. The number of carbonyl (C=O) groups is 1. The van der Waals surface area contributed by atoms with Gasteiger partial charge >= 0.3 is 0 Å². The van der Waals surface area contributed by atoms with Gasteiger partial charge in [0, 0.05) is 32.2 Å². The van der Waals surface area contributed by atoms with Crippen molar-refractivity contribution in [2.24, 2.45) is 0 Å². The molecule has 0 aromatic heterocycles. The van der Waals surface area contributed by atoms with Gasteiger partial charge in [0.2, 0.25) is 5.91 Å².